The zero-order chi connectivity index (χ0) is 15.2. The van der Waals surface area contributed by atoms with Crippen LogP contribution in [0.5, 0.6) is 0 Å². The summed E-state index contributed by atoms with van der Waals surface area (Å²) in [6.45, 7) is 5.06. The van der Waals surface area contributed by atoms with Gasteiger partial charge in [0.25, 0.3) is 0 Å². The summed E-state index contributed by atoms with van der Waals surface area (Å²) in [5.74, 6) is 0.869. The normalized spacial score (nSPS) is 23.3. The van der Waals surface area contributed by atoms with Gasteiger partial charge in [0.15, 0.2) is 0 Å². The van der Waals surface area contributed by atoms with Gasteiger partial charge in [0.2, 0.25) is 11.9 Å². The van der Waals surface area contributed by atoms with Crippen LogP contribution in [0, 0.1) is 0 Å². The maximum Gasteiger partial charge on any atom is 0.236 e. The average molecular weight is 305 g/mol. The number of nitrogens with zero attached hydrogens (tertiary/aromatic N) is 4. The van der Waals surface area contributed by atoms with Crippen LogP contribution >= 0.6 is 0 Å². The summed E-state index contributed by atoms with van der Waals surface area (Å²) < 4.78 is 5.29. The Morgan fingerprint density at radius 2 is 2.05 bits per heavy atom. The third-order valence-electron chi connectivity index (χ3n) is 4.13. The number of likely N-dealkylation sites (tertiary alicyclic amines) is 1. The Hall–Kier alpha value is -1.73. The van der Waals surface area contributed by atoms with Crippen molar-refractivity contribution in [1.29, 1.82) is 0 Å². The van der Waals surface area contributed by atoms with Crippen LogP contribution in [0.1, 0.15) is 12.8 Å². The van der Waals surface area contributed by atoms with Crippen molar-refractivity contribution in [2.75, 3.05) is 51.3 Å². The van der Waals surface area contributed by atoms with Gasteiger partial charge >= 0.3 is 0 Å². The summed E-state index contributed by atoms with van der Waals surface area (Å²) in [7, 11) is 0. The van der Waals surface area contributed by atoms with Crippen molar-refractivity contribution in [3.8, 4) is 0 Å². The minimum Gasteiger partial charge on any atom is -0.378 e. The quantitative estimate of drug-likeness (QED) is 0.857. The zero-order valence-corrected chi connectivity index (χ0v) is 12.8. The Balaban J connectivity index is 1.48. The first-order chi connectivity index (χ1) is 10.8. The third kappa shape index (κ3) is 4.14. The second-order valence-corrected chi connectivity index (χ2v) is 5.78. The summed E-state index contributed by atoms with van der Waals surface area (Å²) in [5.41, 5.74) is 0. The smallest absolute Gasteiger partial charge is 0.236 e. The minimum atomic E-state index is 0.208. The van der Waals surface area contributed by atoms with Crippen molar-refractivity contribution in [2.45, 2.75) is 18.9 Å². The van der Waals surface area contributed by atoms with Crippen molar-refractivity contribution in [3.63, 3.8) is 0 Å². The van der Waals surface area contributed by atoms with Crippen LogP contribution in [0.25, 0.3) is 0 Å². The first kappa shape index (κ1) is 15.2. The van der Waals surface area contributed by atoms with Crippen LogP contribution in [-0.2, 0) is 9.53 Å². The molecule has 7 heteroatoms. The fraction of sp³-hybridized carbons (Fsp3) is 0.667. The van der Waals surface area contributed by atoms with Crippen LogP contribution in [0.15, 0.2) is 18.5 Å². The summed E-state index contributed by atoms with van der Waals surface area (Å²) in [5, 5.41) is 3.35. The molecular weight excluding hydrogens is 282 g/mol. The molecule has 1 atom stereocenters. The number of rotatable bonds is 4. The predicted molar refractivity (Wildman–Crippen MR) is 82.5 cm³/mol. The number of anilines is 1. The molecule has 3 rings (SSSR count). The lowest BCUT2D eigenvalue weighted by atomic mass is 10.1. The number of morpholine rings is 1. The highest BCUT2D eigenvalue weighted by molar-refractivity contribution is 5.78. The zero-order valence-electron chi connectivity index (χ0n) is 12.8. The van der Waals surface area contributed by atoms with Gasteiger partial charge in [0, 0.05) is 38.1 Å². The standard InChI is InChI=1S/C15H23N5O2/c21-14(20-7-9-22-10-8-20)12-19-6-1-3-13(11-19)18-15-16-4-2-5-17-15/h2,4-5,13H,1,3,6-12H2,(H,16,17,18). The molecule has 1 unspecified atom stereocenters. The molecule has 0 aliphatic carbocycles. The Bertz CT molecular complexity index is 478. The van der Waals surface area contributed by atoms with Crippen molar-refractivity contribution in [2.24, 2.45) is 0 Å². The Labute approximate surface area is 130 Å². The number of nitrogens with one attached hydrogen (secondary N) is 1. The van der Waals surface area contributed by atoms with Gasteiger partial charge in [0.1, 0.15) is 0 Å². The van der Waals surface area contributed by atoms with Crippen LogP contribution in [0.2, 0.25) is 0 Å². The molecule has 2 saturated heterocycles. The van der Waals surface area contributed by atoms with E-state index in [2.05, 4.69) is 20.2 Å². The SMILES string of the molecule is O=C(CN1CCCC(Nc2ncccn2)C1)N1CCOCC1. The molecule has 0 saturated carbocycles. The van der Waals surface area contributed by atoms with Crippen LogP contribution in [0.3, 0.4) is 0 Å². The molecule has 1 aromatic heterocycles. The maximum atomic E-state index is 12.3. The second-order valence-electron chi connectivity index (χ2n) is 5.78. The van der Waals surface area contributed by atoms with Gasteiger partial charge in [-0.05, 0) is 25.5 Å². The number of hydrogen-bond donors (Lipinski definition) is 1. The molecule has 2 aliphatic heterocycles. The van der Waals surface area contributed by atoms with Crippen LogP contribution in [0.4, 0.5) is 5.95 Å². The van der Waals surface area contributed by atoms with E-state index in [1.54, 1.807) is 18.5 Å². The molecule has 0 spiro atoms. The second kappa shape index (κ2) is 7.51. The van der Waals surface area contributed by atoms with Gasteiger partial charge < -0.3 is 15.0 Å². The number of piperidine rings is 1. The number of aromatic nitrogens is 2. The van der Waals surface area contributed by atoms with Gasteiger partial charge in [-0.25, -0.2) is 9.97 Å². The molecule has 1 amide bonds. The fourth-order valence-electron chi connectivity index (χ4n) is 2.98. The number of carbonyl (C=O) groups excluding carboxylic acids is 1. The highest BCUT2D eigenvalue weighted by Crippen LogP contribution is 2.13. The molecule has 0 bridgehead atoms. The van der Waals surface area contributed by atoms with E-state index in [1.165, 1.54) is 0 Å². The Kier molecular flexibility index (Phi) is 5.18. The number of amides is 1. The molecule has 120 valence electrons. The molecule has 22 heavy (non-hydrogen) atoms. The van der Waals surface area contributed by atoms with E-state index in [-0.39, 0.29) is 5.91 Å². The van der Waals surface area contributed by atoms with Gasteiger partial charge in [-0.2, -0.15) is 0 Å². The van der Waals surface area contributed by atoms with E-state index in [9.17, 15) is 4.79 Å². The molecule has 1 aromatic rings. The molecule has 0 aromatic carbocycles. The van der Waals surface area contributed by atoms with Gasteiger partial charge in [-0.3, -0.25) is 9.69 Å². The summed E-state index contributed by atoms with van der Waals surface area (Å²) in [6.07, 6.45) is 5.64. The summed E-state index contributed by atoms with van der Waals surface area (Å²) in [6, 6.07) is 2.10. The van der Waals surface area contributed by atoms with Crippen molar-refractivity contribution >= 4 is 11.9 Å². The molecule has 0 radical (unpaired) electrons. The van der Waals surface area contributed by atoms with Gasteiger partial charge in [-0.15, -0.1) is 0 Å². The highest BCUT2D eigenvalue weighted by Gasteiger charge is 2.24. The number of hydrogen-bond acceptors (Lipinski definition) is 6. The van der Waals surface area contributed by atoms with E-state index in [4.69, 9.17) is 4.74 Å². The molecule has 2 aliphatic rings. The fourth-order valence-corrected chi connectivity index (χ4v) is 2.98. The van der Waals surface area contributed by atoms with Gasteiger partial charge in [0.05, 0.1) is 19.8 Å². The lowest BCUT2D eigenvalue weighted by molar-refractivity contribution is -0.136. The van der Waals surface area contributed by atoms with E-state index in [0.717, 1.165) is 25.9 Å². The van der Waals surface area contributed by atoms with Crippen LogP contribution < -0.4 is 5.32 Å². The minimum absolute atomic E-state index is 0.208. The Morgan fingerprint density at radius 3 is 2.82 bits per heavy atom. The number of ether oxygens (including phenoxy) is 1. The number of carbonyl (C=O) groups is 1. The van der Waals surface area contributed by atoms with E-state index >= 15 is 0 Å². The predicted octanol–water partition coefficient (Wildman–Crippen LogP) is 0.212. The van der Waals surface area contributed by atoms with Crippen LogP contribution in [-0.4, -0.2) is 77.7 Å². The largest absolute Gasteiger partial charge is 0.378 e. The van der Waals surface area contributed by atoms with E-state index in [1.807, 2.05) is 4.90 Å². The van der Waals surface area contributed by atoms with Gasteiger partial charge in [-0.1, -0.05) is 0 Å². The Morgan fingerprint density at radius 1 is 1.27 bits per heavy atom. The lowest BCUT2D eigenvalue weighted by Crippen LogP contribution is -2.49. The van der Waals surface area contributed by atoms with E-state index < -0.39 is 0 Å². The first-order valence-electron chi connectivity index (χ1n) is 7.93. The lowest BCUT2D eigenvalue weighted by Gasteiger charge is -2.35. The summed E-state index contributed by atoms with van der Waals surface area (Å²) >= 11 is 0. The summed E-state index contributed by atoms with van der Waals surface area (Å²) in [4.78, 5) is 24.8. The molecule has 1 N–H and O–H groups in total. The average Bonchev–Trinajstić information content (AvgIpc) is 2.57. The molecular formula is C15H23N5O2. The van der Waals surface area contributed by atoms with Crippen molar-refractivity contribution in [3.05, 3.63) is 18.5 Å². The maximum absolute atomic E-state index is 12.3. The third-order valence-corrected chi connectivity index (χ3v) is 4.13. The molecule has 2 fully saturated rings. The monoisotopic (exact) mass is 305 g/mol. The van der Waals surface area contributed by atoms with E-state index in [0.29, 0.717) is 44.8 Å². The molecule has 7 nitrogen and oxygen atoms in total. The topological polar surface area (TPSA) is 70.6 Å². The highest BCUT2D eigenvalue weighted by atomic mass is 16.5. The molecule has 3 heterocycles. The van der Waals surface area contributed by atoms with Crippen molar-refractivity contribution in [1.82, 2.24) is 19.8 Å². The van der Waals surface area contributed by atoms with Crippen molar-refractivity contribution < 1.29 is 9.53 Å². The first-order valence-corrected chi connectivity index (χ1v) is 7.93.